The normalized spacial score (nSPS) is 12.4. The maximum Gasteiger partial charge on any atom is 0.323 e. The molecule has 0 saturated heterocycles. The van der Waals surface area contributed by atoms with Crippen molar-refractivity contribution in [2.75, 3.05) is 18.9 Å². The first-order valence-electron chi connectivity index (χ1n) is 9.17. The summed E-state index contributed by atoms with van der Waals surface area (Å²) in [6.45, 7) is 2.28. The Bertz CT molecular complexity index is 1180. The van der Waals surface area contributed by atoms with Crippen LogP contribution in [0.15, 0.2) is 59.9 Å². The first-order chi connectivity index (χ1) is 14.0. The molecule has 4 rings (SSSR count). The summed E-state index contributed by atoms with van der Waals surface area (Å²) < 4.78 is 1.69. The van der Waals surface area contributed by atoms with E-state index in [1.54, 1.807) is 29.2 Å². The fourth-order valence-electron chi connectivity index (χ4n) is 3.18. The Balaban J connectivity index is 1.38. The van der Waals surface area contributed by atoms with Gasteiger partial charge >= 0.3 is 5.69 Å². The lowest BCUT2D eigenvalue weighted by Gasteiger charge is -2.24. The topological polar surface area (TPSA) is 112 Å². The van der Waals surface area contributed by atoms with E-state index < -0.39 is 0 Å². The summed E-state index contributed by atoms with van der Waals surface area (Å²) in [6, 6.07) is 13.3. The van der Waals surface area contributed by atoms with Crippen molar-refractivity contribution < 1.29 is 4.79 Å². The standard InChI is InChI=1S/C20H21N7O2/c1-13(14-3-6-16(7-4-14)27-12-21-11-22-27)26(2)10-19(28)23-15-5-8-17-18(9-15)25-20(29)24-17/h3-9,11-13H,10H2,1-2H3,(H,23,28)(H2,24,25,29). The number of aromatic amines is 2. The highest BCUT2D eigenvalue weighted by atomic mass is 16.2. The number of likely N-dealkylation sites (N-methyl/N-ethyl adjacent to an activating group) is 1. The van der Waals surface area contributed by atoms with Crippen molar-refractivity contribution in [2.45, 2.75) is 13.0 Å². The van der Waals surface area contributed by atoms with Gasteiger partial charge in [0, 0.05) is 11.7 Å². The van der Waals surface area contributed by atoms with Crippen LogP contribution in [0.2, 0.25) is 0 Å². The fraction of sp³-hybridized carbons (Fsp3) is 0.200. The molecule has 9 nitrogen and oxygen atoms in total. The quantitative estimate of drug-likeness (QED) is 0.466. The second-order valence-electron chi connectivity index (χ2n) is 6.91. The zero-order valence-corrected chi connectivity index (χ0v) is 16.1. The molecule has 2 heterocycles. The number of benzene rings is 2. The van der Waals surface area contributed by atoms with Gasteiger partial charge in [-0.2, -0.15) is 5.10 Å². The Morgan fingerprint density at radius 2 is 1.93 bits per heavy atom. The van der Waals surface area contributed by atoms with Gasteiger partial charge in [-0.25, -0.2) is 14.5 Å². The van der Waals surface area contributed by atoms with E-state index in [0.717, 1.165) is 11.3 Å². The fourth-order valence-corrected chi connectivity index (χ4v) is 3.18. The Hall–Kier alpha value is -3.72. The molecule has 4 aromatic rings. The zero-order chi connectivity index (χ0) is 20.4. The minimum atomic E-state index is -0.271. The van der Waals surface area contributed by atoms with E-state index in [2.05, 4.69) is 25.4 Å². The summed E-state index contributed by atoms with van der Waals surface area (Å²) in [4.78, 5) is 35.1. The number of fused-ring (bicyclic) bond motifs is 1. The maximum absolute atomic E-state index is 12.5. The van der Waals surface area contributed by atoms with Gasteiger partial charge in [0.1, 0.15) is 12.7 Å². The maximum atomic E-state index is 12.5. The first kappa shape index (κ1) is 18.6. The van der Waals surface area contributed by atoms with Crippen LogP contribution in [0.25, 0.3) is 16.7 Å². The molecule has 2 aromatic heterocycles. The van der Waals surface area contributed by atoms with E-state index in [1.807, 2.05) is 43.1 Å². The zero-order valence-electron chi connectivity index (χ0n) is 16.1. The molecule has 9 heteroatoms. The predicted octanol–water partition coefficient (Wildman–Crippen LogP) is 2.07. The molecule has 0 saturated carbocycles. The Morgan fingerprint density at radius 3 is 2.66 bits per heavy atom. The molecule has 2 aromatic carbocycles. The molecule has 0 bridgehead atoms. The number of amides is 1. The van der Waals surface area contributed by atoms with Crippen LogP contribution in [0, 0.1) is 0 Å². The molecule has 0 aliphatic rings. The molecular formula is C20H21N7O2. The van der Waals surface area contributed by atoms with E-state index >= 15 is 0 Å². The van der Waals surface area contributed by atoms with Crippen LogP contribution < -0.4 is 11.0 Å². The largest absolute Gasteiger partial charge is 0.325 e. The van der Waals surface area contributed by atoms with Crippen LogP contribution in [-0.2, 0) is 4.79 Å². The van der Waals surface area contributed by atoms with Crippen LogP contribution in [0.3, 0.4) is 0 Å². The highest BCUT2D eigenvalue weighted by Crippen LogP contribution is 2.20. The third-order valence-corrected chi connectivity index (χ3v) is 4.91. The highest BCUT2D eigenvalue weighted by molar-refractivity contribution is 5.94. The van der Waals surface area contributed by atoms with Crippen molar-refractivity contribution in [2.24, 2.45) is 0 Å². The van der Waals surface area contributed by atoms with Crippen LogP contribution in [-0.4, -0.2) is 49.1 Å². The Labute approximate surface area is 166 Å². The number of nitrogens with zero attached hydrogens (tertiary/aromatic N) is 4. The van der Waals surface area contributed by atoms with Crippen LogP contribution in [0.1, 0.15) is 18.5 Å². The summed E-state index contributed by atoms with van der Waals surface area (Å²) in [5, 5.41) is 6.99. The van der Waals surface area contributed by atoms with Gasteiger partial charge in [0.25, 0.3) is 0 Å². The number of H-pyrrole nitrogens is 2. The lowest BCUT2D eigenvalue weighted by Crippen LogP contribution is -2.32. The van der Waals surface area contributed by atoms with Crippen molar-refractivity contribution in [3.8, 4) is 5.69 Å². The molecule has 0 radical (unpaired) electrons. The lowest BCUT2D eigenvalue weighted by atomic mass is 10.1. The summed E-state index contributed by atoms with van der Waals surface area (Å²) in [5.41, 5.74) is 3.74. The second-order valence-corrected chi connectivity index (χ2v) is 6.91. The predicted molar refractivity (Wildman–Crippen MR) is 110 cm³/mol. The Kier molecular flexibility index (Phi) is 4.96. The molecular weight excluding hydrogens is 370 g/mol. The summed E-state index contributed by atoms with van der Waals surface area (Å²) in [7, 11) is 1.91. The van der Waals surface area contributed by atoms with Gasteiger partial charge in [-0.15, -0.1) is 0 Å². The van der Waals surface area contributed by atoms with E-state index in [9.17, 15) is 9.59 Å². The van der Waals surface area contributed by atoms with Crippen LogP contribution >= 0.6 is 0 Å². The number of aromatic nitrogens is 5. The average Bonchev–Trinajstić information content (AvgIpc) is 3.36. The average molecular weight is 391 g/mol. The third-order valence-electron chi connectivity index (χ3n) is 4.91. The van der Waals surface area contributed by atoms with Crippen molar-refractivity contribution in [1.29, 1.82) is 0 Å². The van der Waals surface area contributed by atoms with Gasteiger partial charge in [-0.1, -0.05) is 12.1 Å². The number of imidazole rings is 1. The molecule has 1 unspecified atom stereocenters. The minimum absolute atomic E-state index is 0.0501. The van der Waals surface area contributed by atoms with Crippen LogP contribution in [0.5, 0.6) is 0 Å². The smallest absolute Gasteiger partial charge is 0.323 e. The van der Waals surface area contributed by atoms with Crippen molar-refractivity contribution in [3.05, 3.63) is 71.2 Å². The molecule has 0 spiro atoms. The molecule has 0 aliphatic carbocycles. The number of carbonyl (C=O) groups is 1. The van der Waals surface area contributed by atoms with Gasteiger partial charge in [0.15, 0.2) is 0 Å². The SMILES string of the molecule is CC(c1ccc(-n2cncn2)cc1)N(C)CC(=O)Nc1ccc2[nH]c(=O)[nH]c2c1. The summed E-state index contributed by atoms with van der Waals surface area (Å²) >= 11 is 0. The monoisotopic (exact) mass is 391 g/mol. The van der Waals surface area contributed by atoms with Crippen molar-refractivity contribution in [3.63, 3.8) is 0 Å². The van der Waals surface area contributed by atoms with E-state index in [1.165, 1.54) is 6.33 Å². The van der Waals surface area contributed by atoms with Gasteiger partial charge in [0.2, 0.25) is 5.91 Å². The van der Waals surface area contributed by atoms with E-state index in [0.29, 0.717) is 16.7 Å². The molecule has 1 atom stereocenters. The highest BCUT2D eigenvalue weighted by Gasteiger charge is 2.15. The molecule has 29 heavy (non-hydrogen) atoms. The molecule has 0 fully saturated rings. The van der Waals surface area contributed by atoms with Crippen molar-refractivity contribution >= 4 is 22.6 Å². The summed E-state index contributed by atoms with van der Waals surface area (Å²) in [6.07, 6.45) is 3.14. The minimum Gasteiger partial charge on any atom is -0.325 e. The number of nitrogens with one attached hydrogen (secondary N) is 3. The first-order valence-corrected chi connectivity index (χ1v) is 9.17. The molecule has 3 N–H and O–H groups in total. The second kappa shape index (κ2) is 7.72. The summed E-state index contributed by atoms with van der Waals surface area (Å²) in [5.74, 6) is -0.129. The molecule has 1 amide bonds. The Morgan fingerprint density at radius 1 is 1.17 bits per heavy atom. The number of anilines is 1. The number of carbonyl (C=O) groups excluding carboxylic acids is 1. The number of rotatable bonds is 6. The van der Waals surface area contributed by atoms with Gasteiger partial charge in [-0.3, -0.25) is 9.69 Å². The number of hydrogen-bond acceptors (Lipinski definition) is 5. The van der Waals surface area contributed by atoms with Gasteiger partial charge < -0.3 is 15.3 Å². The molecule has 148 valence electrons. The van der Waals surface area contributed by atoms with Gasteiger partial charge in [-0.05, 0) is 49.9 Å². The molecule has 0 aliphatic heterocycles. The lowest BCUT2D eigenvalue weighted by molar-refractivity contribution is -0.117. The van der Waals surface area contributed by atoms with Crippen molar-refractivity contribution in [1.82, 2.24) is 29.6 Å². The van der Waals surface area contributed by atoms with Gasteiger partial charge in [0.05, 0.1) is 23.3 Å². The number of hydrogen-bond donors (Lipinski definition) is 3. The van der Waals surface area contributed by atoms with E-state index in [-0.39, 0.29) is 24.2 Å². The third kappa shape index (κ3) is 4.09. The van der Waals surface area contributed by atoms with Crippen LogP contribution in [0.4, 0.5) is 5.69 Å². The van der Waals surface area contributed by atoms with E-state index in [4.69, 9.17) is 0 Å².